The van der Waals surface area contributed by atoms with Crippen LogP contribution in [0, 0.1) is 0 Å². The first-order chi connectivity index (χ1) is 16.6. The van der Waals surface area contributed by atoms with E-state index in [2.05, 4.69) is 10.4 Å². The fraction of sp³-hybridized carbons (Fsp3) is 0.0909. The summed E-state index contributed by atoms with van der Waals surface area (Å²) in [6.45, 7) is 1.74. The van der Waals surface area contributed by atoms with Crippen molar-refractivity contribution < 1.29 is 22.7 Å². The molecule has 2 aromatic heterocycles. The molecule has 0 aliphatic heterocycles. The molecular weight excluding hydrogens is 516 g/mol. The molecule has 0 unspecified atom stereocenters. The molecule has 0 aliphatic rings. The van der Waals surface area contributed by atoms with Gasteiger partial charge < -0.3 is 10.1 Å². The van der Waals surface area contributed by atoms with Crippen LogP contribution in [0.2, 0.25) is 5.02 Å². The zero-order chi connectivity index (χ0) is 25.3. The number of halogens is 1. The molecule has 0 saturated heterocycles. The number of anilines is 1. The van der Waals surface area contributed by atoms with Crippen molar-refractivity contribution in [2.24, 2.45) is 5.14 Å². The molecule has 0 atom stereocenters. The van der Waals surface area contributed by atoms with Crippen LogP contribution in [0.25, 0.3) is 16.5 Å². The Morgan fingerprint density at radius 3 is 2.54 bits per heavy atom. The highest BCUT2D eigenvalue weighted by Crippen LogP contribution is 2.31. The predicted molar refractivity (Wildman–Crippen MR) is 132 cm³/mol. The van der Waals surface area contributed by atoms with E-state index in [-0.39, 0.29) is 38.5 Å². The molecule has 0 saturated carbocycles. The van der Waals surface area contributed by atoms with E-state index in [9.17, 15) is 22.8 Å². The number of nitrogens with one attached hydrogen (secondary N) is 1. The normalized spacial score (nSPS) is 11.4. The third-order valence-electron chi connectivity index (χ3n) is 4.85. The number of benzene rings is 2. The molecule has 0 fully saturated rings. The first kappa shape index (κ1) is 24.5. The second kappa shape index (κ2) is 9.58. The summed E-state index contributed by atoms with van der Waals surface area (Å²) >= 11 is 7.10. The quantitative estimate of drug-likeness (QED) is 0.362. The number of rotatable bonds is 6. The average Bonchev–Trinajstić information content (AvgIpc) is 3.23. The number of sulfonamides is 1. The first-order valence-electron chi connectivity index (χ1n) is 10.0. The standard InChI is InChI=1S/C22H17ClN4O6S2/c1-2-33-22(30)18-16-11-34-20(25-19(28)12-6-8-15(9-7-12)35(24,31)32)17(16)21(29)27(26-18)14-5-3-4-13(23)10-14/h3-11H,2H2,1H3,(H,25,28)(H2,24,31,32). The Kier molecular flexibility index (Phi) is 6.72. The number of hydrogen-bond acceptors (Lipinski definition) is 8. The summed E-state index contributed by atoms with van der Waals surface area (Å²) in [5.41, 5.74) is -0.238. The molecule has 0 spiro atoms. The molecule has 10 nitrogen and oxygen atoms in total. The van der Waals surface area contributed by atoms with E-state index in [0.717, 1.165) is 16.0 Å². The van der Waals surface area contributed by atoms with Gasteiger partial charge in [0, 0.05) is 21.4 Å². The van der Waals surface area contributed by atoms with Crippen molar-refractivity contribution in [3.63, 3.8) is 0 Å². The minimum Gasteiger partial charge on any atom is -0.461 e. The number of fused-ring (bicyclic) bond motifs is 1. The highest BCUT2D eigenvalue weighted by Gasteiger charge is 2.23. The molecule has 0 radical (unpaired) electrons. The van der Waals surface area contributed by atoms with Gasteiger partial charge in [-0.05, 0) is 49.4 Å². The molecule has 0 aliphatic carbocycles. The van der Waals surface area contributed by atoms with E-state index in [1.807, 2.05) is 0 Å². The van der Waals surface area contributed by atoms with Gasteiger partial charge >= 0.3 is 5.97 Å². The third kappa shape index (κ3) is 4.95. The molecule has 1 amide bonds. The van der Waals surface area contributed by atoms with E-state index in [4.69, 9.17) is 21.5 Å². The number of carbonyl (C=O) groups excluding carboxylic acids is 2. The number of thiophene rings is 1. The molecule has 2 heterocycles. The largest absolute Gasteiger partial charge is 0.461 e. The second-order valence-corrected chi connectivity index (χ2v) is 10.0. The van der Waals surface area contributed by atoms with Gasteiger partial charge in [-0.2, -0.15) is 9.78 Å². The third-order valence-corrected chi connectivity index (χ3v) is 6.91. The number of hydrogen-bond donors (Lipinski definition) is 2. The highest BCUT2D eigenvalue weighted by atomic mass is 35.5. The van der Waals surface area contributed by atoms with Crippen LogP contribution in [-0.4, -0.2) is 36.7 Å². The summed E-state index contributed by atoms with van der Waals surface area (Å²) in [5, 5.41) is 14.3. The maximum absolute atomic E-state index is 13.4. The smallest absolute Gasteiger partial charge is 0.359 e. The summed E-state index contributed by atoms with van der Waals surface area (Å²) in [7, 11) is -3.92. The average molecular weight is 533 g/mol. The molecule has 4 aromatic rings. The number of carbonyl (C=O) groups is 2. The van der Waals surface area contributed by atoms with Gasteiger partial charge in [-0.3, -0.25) is 9.59 Å². The Morgan fingerprint density at radius 1 is 1.20 bits per heavy atom. The fourth-order valence-corrected chi connectivity index (χ4v) is 4.88. The molecule has 180 valence electrons. The fourth-order valence-electron chi connectivity index (χ4n) is 3.25. The molecule has 4 rings (SSSR count). The van der Waals surface area contributed by atoms with Crippen molar-refractivity contribution in [1.82, 2.24) is 9.78 Å². The number of nitrogens with two attached hydrogens (primary N) is 1. The van der Waals surface area contributed by atoms with Crippen molar-refractivity contribution >= 4 is 60.6 Å². The zero-order valence-corrected chi connectivity index (χ0v) is 20.4. The summed E-state index contributed by atoms with van der Waals surface area (Å²) in [6, 6.07) is 11.3. The van der Waals surface area contributed by atoms with Gasteiger partial charge in [-0.15, -0.1) is 11.3 Å². The van der Waals surface area contributed by atoms with E-state index >= 15 is 0 Å². The highest BCUT2D eigenvalue weighted by molar-refractivity contribution is 7.89. The molecule has 0 bridgehead atoms. The van der Waals surface area contributed by atoms with Crippen LogP contribution in [0.15, 0.2) is 63.6 Å². The van der Waals surface area contributed by atoms with E-state index in [1.165, 1.54) is 35.7 Å². The van der Waals surface area contributed by atoms with Crippen molar-refractivity contribution in [3.8, 4) is 5.69 Å². The summed E-state index contributed by atoms with van der Waals surface area (Å²) in [5.74, 6) is -1.33. The van der Waals surface area contributed by atoms with Crippen molar-refractivity contribution in [1.29, 1.82) is 0 Å². The Balaban J connectivity index is 1.83. The topological polar surface area (TPSA) is 150 Å². The van der Waals surface area contributed by atoms with Crippen molar-refractivity contribution in [2.45, 2.75) is 11.8 Å². The molecule has 13 heteroatoms. The summed E-state index contributed by atoms with van der Waals surface area (Å²) < 4.78 is 29.0. The lowest BCUT2D eigenvalue weighted by atomic mass is 10.2. The zero-order valence-electron chi connectivity index (χ0n) is 18.0. The van der Waals surface area contributed by atoms with Crippen LogP contribution in [0.4, 0.5) is 5.00 Å². The van der Waals surface area contributed by atoms with Gasteiger partial charge in [0.15, 0.2) is 5.69 Å². The van der Waals surface area contributed by atoms with Gasteiger partial charge in [0.2, 0.25) is 10.0 Å². The molecule has 35 heavy (non-hydrogen) atoms. The van der Waals surface area contributed by atoms with Crippen LogP contribution in [0.5, 0.6) is 0 Å². The van der Waals surface area contributed by atoms with Gasteiger partial charge in [0.25, 0.3) is 11.5 Å². The maximum Gasteiger partial charge on any atom is 0.359 e. The minimum absolute atomic E-state index is 0.0579. The summed E-state index contributed by atoms with van der Waals surface area (Å²) in [6.07, 6.45) is 0. The molecule has 2 aromatic carbocycles. The lowest BCUT2D eigenvalue weighted by Gasteiger charge is -2.10. The van der Waals surface area contributed by atoms with Gasteiger partial charge in [0.05, 0.1) is 22.6 Å². The number of ether oxygens (including phenoxy) is 1. The monoisotopic (exact) mass is 532 g/mol. The van der Waals surface area contributed by atoms with E-state index in [0.29, 0.717) is 10.7 Å². The van der Waals surface area contributed by atoms with E-state index < -0.39 is 27.5 Å². The van der Waals surface area contributed by atoms with Gasteiger partial charge in [0.1, 0.15) is 5.00 Å². The number of nitrogens with zero attached hydrogens (tertiary/aromatic N) is 2. The van der Waals surface area contributed by atoms with Gasteiger partial charge in [-0.1, -0.05) is 17.7 Å². The first-order valence-corrected chi connectivity index (χ1v) is 12.8. The number of primary sulfonamides is 1. The minimum atomic E-state index is -3.92. The number of aromatic nitrogens is 2. The van der Waals surface area contributed by atoms with Crippen molar-refractivity contribution in [3.05, 3.63) is 80.5 Å². The van der Waals surface area contributed by atoms with Crippen LogP contribution in [0.1, 0.15) is 27.8 Å². The van der Waals surface area contributed by atoms with E-state index in [1.54, 1.807) is 25.1 Å². The van der Waals surface area contributed by atoms with Crippen LogP contribution >= 0.6 is 22.9 Å². The second-order valence-electron chi connectivity index (χ2n) is 7.14. The Bertz CT molecular complexity index is 1630. The SMILES string of the molecule is CCOC(=O)c1nn(-c2cccc(Cl)c2)c(=O)c2c(NC(=O)c3ccc(S(N)(=O)=O)cc3)scc12. The predicted octanol–water partition coefficient (Wildman–Crippen LogP) is 3.18. The lowest BCUT2D eigenvalue weighted by Crippen LogP contribution is -2.25. The summed E-state index contributed by atoms with van der Waals surface area (Å²) in [4.78, 5) is 38.7. The van der Waals surface area contributed by atoms with Crippen LogP contribution in [0.3, 0.4) is 0 Å². The Labute approximate surface area is 207 Å². The van der Waals surface area contributed by atoms with Crippen LogP contribution < -0.4 is 16.0 Å². The molecule has 3 N–H and O–H groups in total. The number of esters is 1. The Hall–Kier alpha value is -3.58. The Morgan fingerprint density at radius 2 is 1.91 bits per heavy atom. The molecular formula is C22H17ClN4O6S2. The maximum atomic E-state index is 13.4. The number of amides is 1. The van der Waals surface area contributed by atoms with Crippen molar-refractivity contribution in [2.75, 3.05) is 11.9 Å². The van der Waals surface area contributed by atoms with Gasteiger partial charge in [-0.25, -0.2) is 18.4 Å². The van der Waals surface area contributed by atoms with Crippen LogP contribution in [-0.2, 0) is 14.8 Å². The lowest BCUT2D eigenvalue weighted by molar-refractivity contribution is 0.0520.